The van der Waals surface area contributed by atoms with Gasteiger partial charge in [0.25, 0.3) is 0 Å². The average Bonchev–Trinajstić information content (AvgIpc) is 4.43. The van der Waals surface area contributed by atoms with Gasteiger partial charge in [-0.2, -0.15) is 0 Å². The number of para-hydroxylation sites is 3. The van der Waals surface area contributed by atoms with Crippen molar-refractivity contribution in [1.82, 2.24) is 4.57 Å². The van der Waals surface area contributed by atoms with E-state index in [0.717, 1.165) is 77.6 Å². The third-order valence-corrected chi connectivity index (χ3v) is 16.6. The fourth-order valence-electron chi connectivity index (χ4n) is 13.6. The molecule has 0 bridgehead atoms. The summed E-state index contributed by atoms with van der Waals surface area (Å²) < 4.78 is 16.5. The highest BCUT2D eigenvalue weighted by molar-refractivity contribution is 6.20. The molecule has 4 nitrogen and oxygen atoms in total. The van der Waals surface area contributed by atoms with Crippen molar-refractivity contribution in [2.24, 2.45) is 0 Å². The molecule has 17 rings (SSSR count). The molecule has 2 aliphatic carbocycles. The van der Waals surface area contributed by atoms with Crippen LogP contribution in [0.1, 0.15) is 22.3 Å². The third kappa shape index (κ3) is 5.39. The molecular formula is C71H42N2O2. The predicted molar refractivity (Wildman–Crippen MR) is 309 cm³/mol. The van der Waals surface area contributed by atoms with Crippen LogP contribution in [-0.4, -0.2) is 4.57 Å². The Labute approximate surface area is 431 Å². The minimum atomic E-state index is -0.528. The summed E-state index contributed by atoms with van der Waals surface area (Å²) in [5.41, 5.74) is 21.7. The number of aromatic nitrogens is 1. The maximum atomic E-state index is 7.19. The van der Waals surface area contributed by atoms with Crippen LogP contribution in [-0.2, 0) is 5.41 Å². The molecule has 0 radical (unpaired) electrons. The van der Waals surface area contributed by atoms with Crippen LogP contribution in [0.25, 0.3) is 116 Å². The highest BCUT2D eigenvalue weighted by atomic mass is 16.3. The van der Waals surface area contributed by atoms with Crippen molar-refractivity contribution in [3.8, 4) is 39.1 Å². The summed E-state index contributed by atoms with van der Waals surface area (Å²) in [6.07, 6.45) is 0. The van der Waals surface area contributed by atoms with Crippen LogP contribution in [0.4, 0.5) is 17.1 Å². The van der Waals surface area contributed by atoms with E-state index in [-0.39, 0.29) is 0 Å². The molecule has 0 unspecified atom stereocenters. The van der Waals surface area contributed by atoms with Crippen LogP contribution >= 0.6 is 0 Å². The van der Waals surface area contributed by atoms with E-state index in [9.17, 15) is 0 Å². The lowest BCUT2D eigenvalue weighted by atomic mass is 9.70. The zero-order valence-electron chi connectivity index (χ0n) is 40.5. The van der Waals surface area contributed by atoms with E-state index in [4.69, 9.17) is 8.83 Å². The van der Waals surface area contributed by atoms with Crippen molar-refractivity contribution in [2.75, 3.05) is 4.90 Å². The van der Waals surface area contributed by atoms with Crippen LogP contribution in [0.2, 0.25) is 0 Å². The highest BCUT2D eigenvalue weighted by Crippen LogP contribution is 2.65. The Hall–Kier alpha value is -9.90. The molecule has 0 fully saturated rings. The van der Waals surface area contributed by atoms with Gasteiger partial charge in [0.2, 0.25) is 0 Å². The van der Waals surface area contributed by atoms with E-state index in [1.165, 1.54) is 77.3 Å². The zero-order chi connectivity index (χ0) is 48.9. The Morgan fingerprint density at radius 2 is 0.933 bits per heavy atom. The standard InChI is InChI=1S/C71H42N2O2/c1-2-20-46(21-3-1)72-59-32-13-9-25-52(59)67-47(26-14-33-60(67)72)45-38-39-64-54(41-45)69-62(35-17-37-65(69)74-64)73(63-36-15-27-50-53-40-43-18-4-5-19-44(43)42-66(53)75-70(50)63)61-34-16-31-58-68(61)51-24-8-12-30-57(51)71(58)55-28-10-6-22-48(55)49-23-7-11-29-56(49)71/h1-42H. The van der Waals surface area contributed by atoms with Crippen molar-refractivity contribution in [1.29, 1.82) is 0 Å². The number of furan rings is 2. The Kier molecular flexibility index (Phi) is 8.18. The van der Waals surface area contributed by atoms with Crippen molar-refractivity contribution >= 4 is 93.5 Å². The molecule has 2 aliphatic rings. The Morgan fingerprint density at radius 1 is 0.333 bits per heavy atom. The third-order valence-electron chi connectivity index (χ3n) is 16.6. The van der Waals surface area contributed by atoms with E-state index >= 15 is 0 Å². The van der Waals surface area contributed by atoms with Gasteiger partial charge in [-0.25, -0.2) is 0 Å². The normalized spacial score (nSPS) is 13.2. The highest BCUT2D eigenvalue weighted by Gasteiger charge is 2.52. The van der Waals surface area contributed by atoms with Crippen LogP contribution in [0.3, 0.4) is 0 Å². The van der Waals surface area contributed by atoms with Gasteiger partial charge in [-0.1, -0.05) is 182 Å². The van der Waals surface area contributed by atoms with Gasteiger partial charge in [-0.15, -0.1) is 0 Å². The lowest BCUT2D eigenvalue weighted by Gasteiger charge is -2.32. The average molecular weight is 955 g/mol. The molecule has 0 atom stereocenters. The van der Waals surface area contributed by atoms with Crippen molar-refractivity contribution < 1.29 is 8.83 Å². The lowest BCUT2D eigenvalue weighted by Crippen LogP contribution is -2.26. The van der Waals surface area contributed by atoms with Crippen molar-refractivity contribution in [3.63, 3.8) is 0 Å². The first-order valence-corrected chi connectivity index (χ1v) is 25.8. The molecule has 3 heterocycles. The molecular weight excluding hydrogens is 913 g/mol. The monoisotopic (exact) mass is 954 g/mol. The maximum absolute atomic E-state index is 7.19. The summed E-state index contributed by atoms with van der Waals surface area (Å²) in [7, 11) is 0. The Morgan fingerprint density at radius 3 is 1.76 bits per heavy atom. The summed E-state index contributed by atoms with van der Waals surface area (Å²) in [6.45, 7) is 0. The lowest BCUT2D eigenvalue weighted by molar-refractivity contribution is 0.668. The van der Waals surface area contributed by atoms with Gasteiger partial charge in [0.05, 0.1) is 38.9 Å². The van der Waals surface area contributed by atoms with Gasteiger partial charge in [-0.3, -0.25) is 0 Å². The second-order valence-corrected chi connectivity index (χ2v) is 20.2. The predicted octanol–water partition coefficient (Wildman–Crippen LogP) is 19.2. The molecule has 0 saturated carbocycles. The number of rotatable bonds is 5. The Bertz CT molecular complexity index is 4870. The topological polar surface area (TPSA) is 34.5 Å². The first-order valence-electron chi connectivity index (χ1n) is 25.8. The maximum Gasteiger partial charge on any atom is 0.159 e. The molecule has 12 aromatic carbocycles. The quantitative estimate of drug-likeness (QED) is 0.172. The van der Waals surface area contributed by atoms with Gasteiger partial charge in [0, 0.05) is 38.2 Å². The number of benzene rings is 12. The van der Waals surface area contributed by atoms with Gasteiger partial charge < -0.3 is 18.3 Å². The van der Waals surface area contributed by atoms with E-state index in [0.29, 0.717) is 0 Å². The molecule has 0 aliphatic heterocycles. The number of hydrogen-bond donors (Lipinski definition) is 0. The van der Waals surface area contributed by atoms with Crippen LogP contribution in [0.5, 0.6) is 0 Å². The Balaban J connectivity index is 0.965. The van der Waals surface area contributed by atoms with Gasteiger partial charge in [0.1, 0.15) is 16.7 Å². The van der Waals surface area contributed by atoms with Crippen LogP contribution < -0.4 is 4.90 Å². The second kappa shape index (κ2) is 15.1. The van der Waals surface area contributed by atoms with Gasteiger partial charge in [-0.05, 0) is 134 Å². The second-order valence-electron chi connectivity index (χ2n) is 20.2. The number of fused-ring (bicyclic) bond motifs is 20. The van der Waals surface area contributed by atoms with Gasteiger partial charge >= 0.3 is 0 Å². The van der Waals surface area contributed by atoms with E-state index < -0.39 is 5.41 Å². The summed E-state index contributed by atoms with van der Waals surface area (Å²) in [4.78, 5) is 2.48. The SMILES string of the molecule is c1ccc(-n2c3ccccc3c3c(-c4ccc5oc6cccc(N(c7cccc8c7-c7ccccc7C87c8ccccc8-c8ccccc87)c7cccc8c7oc7cc9ccccc9cc78)c6c5c4)cccc32)cc1. The summed E-state index contributed by atoms with van der Waals surface area (Å²) in [5, 5.41) is 8.99. The first-order chi connectivity index (χ1) is 37.2. The van der Waals surface area contributed by atoms with Crippen LogP contribution in [0, 0.1) is 0 Å². The van der Waals surface area contributed by atoms with E-state index in [1.807, 2.05) is 0 Å². The molecule has 0 N–H and O–H groups in total. The fraction of sp³-hybridized carbons (Fsp3) is 0.0141. The molecule has 1 spiro atoms. The zero-order valence-corrected chi connectivity index (χ0v) is 40.5. The molecule has 75 heavy (non-hydrogen) atoms. The summed E-state index contributed by atoms with van der Waals surface area (Å²) >= 11 is 0. The molecule has 3 aromatic heterocycles. The number of nitrogens with zero attached hydrogens (tertiary/aromatic N) is 2. The smallest absolute Gasteiger partial charge is 0.159 e. The summed E-state index contributed by atoms with van der Waals surface area (Å²) in [5.74, 6) is 0. The molecule has 0 saturated heterocycles. The largest absolute Gasteiger partial charge is 0.456 e. The molecule has 15 aromatic rings. The van der Waals surface area contributed by atoms with Crippen LogP contribution in [0.15, 0.2) is 264 Å². The molecule has 4 heteroatoms. The van der Waals surface area contributed by atoms with Crippen molar-refractivity contribution in [3.05, 3.63) is 277 Å². The van der Waals surface area contributed by atoms with E-state index in [2.05, 4.69) is 264 Å². The minimum absolute atomic E-state index is 0.528. The fourth-order valence-corrected chi connectivity index (χ4v) is 13.6. The van der Waals surface area contributed by atoms with Gasteiger partial charge in [0.15, 0.2) is 5.58 Å². The first kappa shape index (κ1) is 40.7. The van der Waals surface area contributed by atoms with E-state index in [1.54, 1.807) is 0 Å². The summed E-state index contributed by atoms with van der Waals surface area (Å²) in [6, 6.07) is 93.2. The molecule has 348 valence electrons. The number of hydrogen-bond acceptors (Lipinski definition) is 3. The number of anilines is 3. The molecule has 0 amide bonds. The minimum Gasteiger partial charge on any atom is -0.456 e. The van der Waals surface area contributed by atoms with Crippen molar-refractivity contribution in [2.45, 2.75) is 5.41 Å².